The van der Waals surface area contributed by atoms with Crippen LogP contribution in [0.3, 0.4) is 0 Å². The average molecular weight is 521 g/mol. The lowest BCUT2D eigenvalue weighted by Gasteiger charge is -2.44. The molecule has 6 nitrogen and oxygen atoms in total. The molecular weight excluding hydrogens is 475 g/mol. The predicted molar refractivity (Wildman–Crippen MR) is 144 cm³/mol. The van der Waals surface area contributed by atoms with Gasteiger partial charge in [-0.1, -0.05) is 44.2 Å². The summed E-state index contributed by atoms with van der Waals surface area (Å²) in [5.74, 6) is 0.861. The van der Waals surface area contributed by atoms with Crippen LogP contribution in [0.15, 0.2) is 47.6 Å². The first kappa shape index (κ1) is 29.3. The highest BCUT2D eigenvalue weighted by atomic mass is 31.2. The molecule has 3 fully saturated rings. The minimum atomic E-state index is -3.55. The van der Waals surface area contributed by atoms with Crippen LogP contribution >= 0.6 is 7.60 Å². The van der Waals surface area contributed by atoms with Crippen LogP contribution in [0, 0.1) is 23.2 Å². The van der Waals surface area contributed by atoms with E-state index in [0.29, 0.717) is 24.7 Å². The van der Waals surface area contributed by atoms with E-state index in [1.54, 1.807) is 19.9 Å². The molecule has 0 heterocycles. The van der Waals surface area contributed by atoms with Gasteiger partial charge in [0.1, 0.15) is 5.16 Å². The molecule has 3 rings (SSSR count). The SMILES string of the molecule is C=C1/C(=C\C=C2/CCC[C@@]3(C)C2CC[C@@H]3[C@H](C)/C=C/C(=O)C(C)(C)P(=O)(OC)OC)C[C@@H](O)C[C@@H]1O. The quantitative estimate of drug-likeness (QED) is 0.294. The Morgan fingerprint density at radius 3 is 2.53 bits per heavy atom. The van der Waals surface area contributed by atoms with E-state index in [2.05, 4.69) is 32.6 Å². The van der Waals surface area contributed by atoms with Gasteiger partial charge in [-0.2, -0.15) is 0 Å². The number of hydrogen-bond acceptors (Lipinski definition) is 6. The van der Waals surface area contributed by atoms with Crippen molar-refractivity contribution in [3.8, 4) is 0 Å². The van der Waals surface area contributed by atoms with Gasteiger partial charge in [-0.05, 0) is 92.8 Å². The second-order valence-electron chi connectivity index (χ2n) is 11.7. The molecule has 0 bridgehead atoms. The van der Waals surface area contributed by atoms with E-state index in [-0.39, 0.29) is 17.1 Å². The maximum Gasteiger partial charge on any atom is 0.343 e. The minimum absolute atomic E-state index is 0.141. The molecule has 0 aliphatic heterocycles. The first-order valence-corrected chi connectivity index (χ1v) is 14.7. The summed E-state index contributed by atoms with van der Waals surface area (Å²) in [6.07, 6.45) is 13.1. The Morgan fingerprint density at radius 2 is 1.89 bits per heavy atom. The topological polar surface area (TPSA) is 93.1 Å². The number of aliphatic hydroxyl groups is 2. The summed E-state index contributed by atoms with van der Waals surface area (Å²) in [6.45, 7) is 11.8. The van der Waals surface area contributed by atoms with Gasteiger partial charge < -0.3 is 19.3 Å². The Balaban J connectivity index is 1.77. The van der Waals surface area contributed by atoms with Crippen molar-refractivity contribution in [3.05, 3.63) is 47.6 Å². The number of aliphatic hydroxyl groups excluding tert-OH is 2. The maximum atomic E-state index is 13.0. The fraction of sp³-hybridized carbons (Fsp3) is 0.690. The number of rotatable bonds is 8. The van der Waals surface area contributed by atoms with E-state index in [0.717, 1.165) is 43.3 Å². The zero-order valence-electron chi connectivity index (χ0n) is 22.8. The van der Waals surface area contributed by atoms with Crippen LogP contribution in [0.1, 0.15) is 72.6 Å². The van der Waals surface area contributed by atoms with Crippen LogP contribution in [0.4, 0.5) is 0 Å². The van der Waals surface area contributed by atoms with Gasteiger partial charge >= 0.3 is 7.60 Å². The van der Waals surface area contributed by atoms with Crippen molar-refractivity contribution in [1.82, 2.24) is 0 Å². The van der Waals surface area contributed by atoms with Gasteiger partial charge in [0.05, 0.1) is 12.2 Å². The molecular formula is C29H45O6P. The Hall–Kier alpha value is -1.30. The molecule has 6 atom stereocenters. The molecule has 0 aromatic heterocycles. The highest BCUT2D eigenvalue weighted by Gasteiger charge is 2.51. The van der Waals surface area contributed by atoms with Crippen LogP contribution in [-0.4, -0.2) is 47.6 Å². The Labute approximate surface area is 217 Å². The summed E-state index contributed by atoms with van der Waals surface area (Å²) in [7, 11) is -0.935. The second-order valence-corrected chi connectivity index (χ2v) is 14.5. The second kappa shape index (κ2) is 11.2. The van der Waals surface area contributed by atoms with Crippen molar-refractivity contribution < 1.29 is 28.6 Å². The van der Waals surface area contributed by atoms with Crippen molar-refractivity contribution in [3.63, 3.8) is 0 Å². The van der Waals surface area contributed by atoms with E-state index >= 15 is 0 Å². The average Bonchev–Trinajstić information content (AvgIpc) is 3.20. The third-order valence-electron chi connectivity index (χ3n) is 9.26. The van der Waals surface area contributed by atoms with Crippen molar-refractivity contribution in [2.75, 3.05) is 14.2 Å². The molecule has 0 saturated heterocycles. The van der Waals surface area contributed by atoms with Gasteiger partial charge in [0.15, 0.2) is 5.78 Å². The first-order valence-electron chi connectivity index (χ1n) is 13.2. The minimum Gasteiger partial charge on any atom is -0.393 e. The molecule has 0 aromatic rings. The number of fused-ring (bicyclic) bond motifs is 1. The zero-order chi connectivity index (χ0) is 26.9. The molecule has 3 saturated carbocycles. The summed E-state index contributed by atoms with van der Waals surface area (Å²) < 4.78 is 23.1. The summed E-state index contributed by atoms with van der Waals surface area (Å²) in [4.78, 5) is 13.0. The largest absolute Gasteiger partial charge is 0.393 e. The standard InChI is InChI=1S/C29H45O6P/c1-19(10-15-27(32)28(3,4)36(33,34-6)35-7)24-13-14-25-21(9-8-16-29(24,25)5)11-12-22-17-23(30)18-26(31)20(22)2/h10-12,15,19,23-26,30-31H,2,8-9,13-14,16-18H2,1,3-7H3/b15-10+,21-11+,22-12-/t19-,23-,24-,25?,26+,29-/m1/s1. The van der Waals surface area contributed by atoms with E-state index in [9.17, 15) is 19.6 Å². The van der Waals surface area contributed by atoms with Crippen LogP contribution < -0.4 is 0 Å². The summed E-state index contributed by atoms with van der Waals surface area (Å²) in [6, 6.07) is 0. The molecule has 3 aliphatic carbocycles. The van der Waals surface area contributed by atoms with Crippen LogP contribution in [0.25, 0.3) is 0 Å². The number of hydrogen-bond donors (Lipinski definition) is 2. The van der Waals surface area contributed by atoms with Crippen molar-refractivity contribution >= 4 is 13.4 Å². The molecule has 0 aromatic carbocycles. The Morgan fingerprint density at radius 1 is 1.22 bits per heavy atom. The normalized spacial score (nSPS) is 34.9. The van der Waals surface area contributed by atoms with Gasteiger partial charge in [-0.3, -0.25) is 9.36 Å². The Kier molecular flexibility index (Phi) is 9.11. The van der Waals surface area contributed by atoms with E-state index in [1.165, 1.54) is 19.8 Å². The summed E-state index contributed by atoms with van der Waals surface area (Å²) in [5, 5.41) is 19.0. The lowest BCUT2D eigenvalue weighted by molar-refractivity contribution is -0.116. The highest BCUT2D eigenvalue weighted by molar-refractivity contribution is 7.56. The monoisotopic (exact) mass is 520 g/mol. The van der Waals surface area contributed by atoms with E-state index in [4.69, 9.17) is 9.05 Å². The number of allylic oxidation sites excluding steroid dienone is 5. The predicted octanol–water partition coefficient (Wildman–Crippen LogP) is 6.15. The maximum absolute atomic E-state index is 13.0. The molecule has 3 aliphatic rings. The smallest absolute Gasteiger partial charge is 0.343 e. The zero-order valence-corrected chi connectivity index (χ0v) is 23.7. The molecule has 0 radical (unpaired) electrons. The van der Waals surface area contributed by atoms with Crippen molar-refractivity contribution in [2.45, 2.75) is 90.0 Å². The van der Waals surface area contributed by atoms with Gasteiger partial charge in [0.2, 0.25) is 0 Å². The van der Waals surface area contributed by atoms with Crippen LogP contribution in [0.2, 0.25) is 0 Å². The fourth-order valence-corrected chi connectivity index (χ4v) is 8.26. The van der Waals surface area contributed by atoms with Crippen molar-refractivity contribution in [2.24, 2.45) is 23.2 Å². The van der Waals surface area contributed by atoms with Crippen LogP contribution in [0.5, 0.6) is 0 Å². The molecule has 202 valence electrons. The molecule has 36 heavy (non-hydrogen) atoms. The third-order valence-corrected chi connectivity index (χ3v) is 11.8. The third kappa shape index (κ3) is 5.44. The van der Waals surface area contributed by atoms with Gasteiger partial charge in [-0.25, -0.2) is 0 Å². The van der Waals surface area contributed by atoms with Crippen molar-refractivity contribution in [1.29, 1.82) is 0 Å². The lowest BCUT2D eigenvalue weighted by Crippen LogP contribution is -2.36. The first-order chi connectivity index (χ1) is 16.8. The van der Waals surface area contributed by atoms with Gasteiger partial charge in [0, 0.05) is 20.6 Å². The van der Waals surface area contributed by atoms with E-state index in [1.807, 2.05) is 6.08 Å². The number of carbonyl (C=O) groups is 1. The molecule has 2 N–H and O–H groups in total. The fourth-order valence-electron chi connectivity index (χ4n) is 6.85. The summed E-state index contributed by atoms with van der Waals surface area (Å²) >= 11 is 0. The molecule has 0 spiro atoms. The van der Waals surface area contributed by atoms with Gasteiger partial charge in [-0.15, -0.1) is 0 Å². The lowest BCUT2D eigenvalue weighted by atomic mass is 9.61. The molecule has 0 amide bonds. The van der Waals surface area contributed by atoms with Gasteiger partial charge in [0.25, 0.3) is 0 Å². The number of ketones is 1. The Bertz CT molecular complexity index is 984. The number of carbonyl (C=O) groups excluding carboxylic acids is 1. The summed E-state index contributed by atoms with van der Waals surface area (Å²) in [5.41, 5.74) is 3.24. The van der Waals surface area contributed by atoms with E-state index < -0.39 is 25.0 Å². The highest BCUT2D eigenvalue weighted by Crippen LogP contribution is 2.60. The van der Waals surface area contributed by atoms with Crippen LogP contribution in [-0.2, 0) is 18.4 Å². The molecule has 1 unspecified atom stereocenters. The molecule has 7 heteroatoms.